The molecule has 0 saturated heterocycles. The van der Waals surface area contributed by atoms with Crippen LogP contribution in [-0.4, -0.2) is 28.6 Å². The molecule has 100 valence electrons. The van der Waals surface area contributed by atoms with Crippen LogP contribution in [0, 0.1) is 5.92 Å². The number of nitrogens with one attached hydrogen (secondary N) is 1. The van der Waals surface area contributed by atoms with Gasteiger partial charge >= 0.3 is 0 Å². The maximum absolute atomic E-state index is 12.1. The summed E-state index contributed by atoms with van der Waals surface area (Å²) in [6.45, 7) is 3.85. The molecular weight excluding hydrogens is 240 g/mol. The molecule has 1 heterocycles. The lowest BCUT2D eigenvalue weighted by molar-refractivity contribution is 0.0916. The molecule has 2 aromatic rings. The number of pyridine rings is 1. The van der Waals surface area contributed by atoms with E-state index in [2.05, 4.69) is 10.3 Å². The Morgan fingerprint density at radius 3 is 2.89 bits per heavy atom. The van der Waals surface area contributed by atoms with Gasteiger partial charge in [-0.05, 0) is 37.1 Å². The van der Waals surface area contributed by atoms with E-state index in [1.807, 2.05) is 38.1 Å². The highest BCUT2D eigenvalue weighted by Crippen LogP contribution is 2.13. The minimum Gasteiger partial charge on any atom is -0.396 e. The van der Waals surface area contributed by atoms with Crippen molar-refractivity contribution in [2.45, 2.75) is 19.9 Å². The third-order valence-corrected chi connectivity index (χ3v) is 3.37. The van der Waals surface area contributed by atoms with Gasteiger partial charge in [-0.3, -0.25) is 9.78 Å². The molecular formula is C15H18N2O2. The number of benzene rings is 1. The third-order valence-electron chi connectivity index (χ3n) is 3.37. The smallest absolute Gasteiger partial charge is 0.251 e. The van der Waals surface area contributed by atoms with Gasteiger partial charge in [-0.25, -0.2) is 0 Å². The van der Waals surface area contributed by atoms with Crippen LogP contribution >= 0.6 is 0 Å². The Morgan fingerprint density at radius 1 is 1.37 bits per heavy atom. The van der Waals surface area contributed by atoms with Gasteiger partial charge in [0.25, 0.3) is 5.91 Å². The van der Waals surface area contributed by atoms with Crippen molar-refractivity contribution in [3.8, 4) is 0 Å². The van der Waals surface area contributed by atoms with Gasteiger partial charge in [0, 0.05) is 29.8 Å². The van der Waals surface area contributed by atoms with Gasteiger partial charge < -0.3 is 10.4 Å². The van der Waals surface area contributed by atoms with Crippen LogP contribution in [-0.2, 0) is 0 Å². The van der Waals surface area contributed by atoms with Crippen molar-refractivity contribution in [1.29, 1.82) is 0 Å². The van der Waals surface area contributed by atoms with Gasteiger partial charge in [-0.1, -0.05) is 13.0 Å². The first-order chi connectivity index (χ1) is 9.11. The van der Waals surface area contributed by atoms with Crippen molar-refractivity contribution in [2.75, 3.05) is 6.61 Å². The Kier molecular flexibility index (Phi) is 4.12. The van der Waals surface area contributed by atoms with Crippen LogP contribution in [0.15, 0.2) is 36.5 Å². The van der Waals surface area contributed by atoms with Crippen molar-refractivity contribution in [3.05, 3.63) is 42.1 Å². The quantitative estimate of drug-likeness (QED) is 0.881. The molecule has 2 atom stereocenters. The molecule has 0 fully saturated rings. The second-order valence-corrected chi connectivity index (χ2v) is 4.83. The first kappa shape index (κ1) is 13.5. The summed E-state index contributed by atoms with van der Waals surface area (Å²) in [6.07, 6.45) is 1.73. The molecule has 19 heavy (non-hydrogen) atoms. The second-order valence-electron chi connectivity index (χ2n) is 4.83. The Labute approximate surface area is 112 Å². The normalized spacial score (nSPS) is 14.1. The minimum absolute atomic E-state index is 0.0334. The highest BCUT2D eigenvalue weighted by atomic mass is 16.3. The molecule has 2 unspecified atom stereocenters. The number of amides is 1. The topological polar surface area (TPSA) is 62.2 Å². The predicted molar refractivity (Wildman–Crippen MR) is 74.9 cm³/mol. The Balaban J connectivity index is 2.17. The average Bonchev–Trinajstić information content (AvgIpc) is 2.45. The number of nitrogens with zero attached hydrogens (tertiary/aromatic N) is 1. The van der Waals surface area contributed by atoms with Crippen LogP contribution in [0.1, 0.15) is 24.2 Å². The number of hydrogen-bond acceptors (Lipinski definition) is 3. The van der Waals surface area contributed by atoms with Crippen molar-refractivity contribution < 1.29 is 9.90 Å². The van der Waals surface area contributed by atoms with Gasteiger partial charge in [0.15, 0.2) is 0 Å². The zero-order valence-corrected chi connectivity index (χ0v) is 11.1. The number of fused-ring (bicyclic) bond motifs is 1. The summed E-state index contributed by atoms with van der Waals surface area (Å²) in [5.74, 6) is -0.0929. The van der Waals surface area contributed by atoms with E-state index in [0.717, 1.165) is 10.9 Å². The van der Waals surface area contributed by atoms with E-state index in [1.54, 1.807) is 12.3 Å². The zero-order chi connectivity index (χ0) is 13.8. The fourth-order valence-corrected chi connectivity index (χ4v) is 1.81. The molecule has 2 N–H and O–H groups in total. The molecule has 2 rings (SSSR count). The van der Waals surface area contributed by atoms with Crippen molar-refractivity contribution in [2.24, 2.45) is 5.92 Å². The van der Waals surface area contributed by atoms with Gasteiger partial charge in [-0.2, -0.15) is 0 Å². The molecule has 1 aromatic heterocycles. The van der Waals surface area contributed by atoms with Crippen LogP contribution in [0.3, 0.4) is 0 Å². The van der Waals surface area contributed by atoms with E-state index < -0.39 is 0 Å². The van der Waals surface area contributed by atoms with E-state index >= 15 is 0 Å². The van der Waals surface area contributed by atoms with Crippen LogP contribution in [0.2, 0.25) is 0 Å². The molecule has 1 amide bonds. The van der Waals surface area contributed by atoms with E-state index in [4.69, 9.17) is 5.11 Å². The maximum Gasteiger partial charge on any atom is 0.251 e. The van der Waals surface area contributed by atoms with Gasteiger partial charge in [-0.15, -0.1) is 0 Å². The summed E-state index contributed by atoms with van der Waals surface area (Å²) in [5, 5.41) is 12.9. The zero-order valence-electron chi connectivity index (χ0n) is 11.1. The minimum atomic E-state index is -0.126. The van der Waals surface area contributed by atoms with Gasteiger partial charge in [0.2, 0.25) is 0 Å². The standard InChI is InChI=1S/C15H18N2O2/c1-10(9-18)11(2)17-15(19)13-5-6-14-12(8-13)4-3-7-16-14/h3-8,10-11,18H,9H2,1-2H3,(H,17,19). The van der Waals surface area contributed by atoms with Gasteiger partial charge in [0.05, 0.1) is 5.52 Å². The summed E-state index contributed by atoms with van der Waals surface area (Å²) in [5.41, 5.74) is 1.48. The van der Waals surface area contributed by atoms with Crippen molar-refractivity contribution >= 4 is 16.8 Å². The molecule has 0 saturated carbocycles. The SMILES string of the molecule is CC(CO)C(C)NC(=O)c1ccc2ncccc2c1. The molecule has 1 aromatic carbocycles. The van der Waals surface area contributed by atoms with E-state index in [-0.39, 0.29) is 24.5 Å². The lowest BCUT2D eigenvalue weighted by Crippen LogP contribution is -2.38. The van der Waals surface area contributed by atoms with Crippen molar-refractivity contribution in [1.82, 2.24) is 10.3 Å². The lowest BCUT2D eigenvalue weighted by atomic mass is 10.0. The number of aliphatic hydroxyl groups is 1. The van der Waals surface area contributed by atoms with E-state index in [1.165, 1.54) is 0 Å². The number of hydrogen-bond donors (Lipinski definition) is 2. The fourth-order valence-electron chi connectivity index (χ4n) is 1.81. The summed E-state index contributed by atoms with van der Waals surface area (Å²) >= 11 is 0. The van der Waals surface area contributed by atoms with E-state index in [0.29, 0.717) is 5.56 Å². The Bertz CT molecular complexity index is 583. The Hall–Kier alpha value is -1.94. The van der Waals surface area contributed by atoms with Crippen LogP contribution < -0.4 is 5.32 Å². The number of aromatic nitrogens is 1. The number of carbonyl (C=O) groups is 1. The highest BCUT2D eigenvalue weighted by molar-refractivity contribution is 5.98. The average molecular weight is 258 g/mol. The second kappa shape index (κ2) is 5.80. The molecule has 0 bridgehead atoms. The van der Waals surface area contributed by atoms with Crippen LogP contribution in [0.25, 0.3) is 10.9 Å². The van der Waals surface area contributed by atoms with Crippen molar-refractivity contribution in [3.63, 3.8) is 0 Å². The largest absolute Gasteiger partial charge is 0.396 e. The number of rotatable bonds is 4. The monoisotopic (exact) mass is 258 g/mol. The lowest BCUT2D eigenvalue weighted by Gasteiger charge is -2.19. The number of carbonyl (C=O) groups excluding carboxylic acids is 1. The number of aliphatic hydroxyl groups excluding tert-OH is 1. The van der Waals surface area contributed by atoms with Gasteiger partial charge in [0.1, 0.15) is 0 Å². The molecule has 0 aliphatic carbocycles. The predicted octanol–water partition coefficient (Wildman–Crippen LogP) is 1.98. The maximum atomic E-state index is 12.1. The van der Waals surface area contributed by atoms with E-state index in [9.17, 15) is 4.79 Å². The summed E-state index contributed by atoms with van der Waals surface area (Å²) < 4.78 is 0. The molecule has 4 nitrogen and oxygen atoms in total. The third kappa shape index (κ3) is 3.09. The fraction of sp³-hybridized carbons (Fsp3) is 0.333. The summed E-state index contributed by atoms with van der Waals surface area (Å²) in [7, 11) is 0. The first-order valence-corrected chi connectivity index (χ1v) is 6.38. The molecule has 0 aliphatic rings. The molecule has 4 heteroatoms. The highest BCUT2D eigenvalue weighted by Gasteiger charge is 2.15. The van der Waals surface area contributed by atoms with Crippen LogP contribution in [0.4, 0.5) is 0 Å². The Morgan fingerprint density at radius 2 is 2.16 bits per heavy atom. The van der Waals surface area contributed by atoms with Crippen LogP contribution in [0.5, 0.6) is 0 Å². The summed E-state index contributed by atoms with van der Waals surface area (Å²) in [6, 6.07) is 9.14. The first-order valence-electron chi connectivity index (χ1n) is 6.38. The summed E-state index contributed by atoms with van der Waals surface area (Å²) in [4.78, 5) is 16.3. The molecule has 0 spiro atoms. The molecule has 0 radical (unpaired) electrons. The molecule has 0 aliphatic heterocycles.